The van der Waals surface area contributed by atoms with Crippen molar-refractivity contribution in [3.05, 3.63) is 23.8 Å². The molecule has 1 aliphatic carbocycles. The number of rotatable bonds is 4. The van der Waals surface area contributed by atoms with Crippen LogP contribution in [0.3, 0.4) is 0 Å². The van der Waals surface area contributed by atoms with Crippen molar-refractivity contribution >= 4 is 12.6 Å². The van der Waals surface area contributed by atoms with E-state index < -0.39 is 0 Å². The highest BCUT2D eigenvalue weighted by Gasteiger charge is 2.51. The lowest BCUT2D eigenvalue weighted by Gasteiger charge is -2.32. The maximum absolute atomic E-state index is 6.09. The van der Waals surface area contributed by atoms with Crippen LogP contribution in [0.5, 0.6) is 5.75 Å². The van der Waals surface area contributed by atoms with Crippen LogP contribution in [0.2, 0.25) is 0 Å². The van der Waals surface area contributed by atoms with E-state index in [0.717, 1.165) is 29.6 Å². The Morgan fingerprint density at radius 1 is 1.19 bits per heavy atom. The average Bonchev–Trinajstić information content (AvgIpc) is 3.17. The molecule has 0 aromatic heterocycles. The van der Waals surface area contributed by atoms with Gasteiger partial charge >= 0.3 is 7.12 Å². The number of ether oxygens (including phenoxy) is 1. The van der Waals surface area contributed by atoms with E-state index in [-0.39, 0.29) is 18.3 Å². The van der Waals surface area contributed by atoms with Crippen LogP contribution in [-0.4, -0.2) is 24.4 Å². The Hall–Kier alpha value is -1.04. The number of benzene rings is 1. The van der Waals surface area contributed by atoms with Crippen LogP contribution in [0, 0.1) is 0 Å². The molecule has 1 heterocycles. The molecule has 0 amide bonds. The SMILES string of the molecule is CC1(C)OB(c2ccc(CN)c(OC3CC3)c2)OC1(C)C. The molecule has 3 rings (SSSR count). The van der Waals surface area contributed by atoms with Gasteiger partial charge in [-0.25, -0.2) is 0 Å². The summed E-state index contributed by atoms with van der Waals surface area (Å²) < 4.78 is 18.1. The smallest absolute Gasteiger partial charge is 0.490 e. The lowest BCUT2D eigenvalue weighted by molar-refractivity contribution is 0.00578. The summed E-state index contributed by atoms with van der Waals surface area (Å²) in [5, 5.41) is 0. The first-order valence-electron chi connectivity index (χ1n) is 7.67. The molecule has 114 valence electrons. The molecule has 5 heteroatoms. The molecular formula is C16H24BNO3. The monoisotopic (exact) mass is 289 g/mol. The maximum Gasteiger partial charge on any atom is 0.494 e. The van der Waals surface area contributed by atoms with Gasteiger partial charge in [-0.2, -0.15) is 0 Å². The van der Waals surface area contributed by atoms with Crippen LogP contribution in [-0.2, 0) is 15.9 Å². The zero-order valence-electron chi connectivity index (χ0n) is 13.3. The highest BCUT2D eigenvalue weighted by atomic mass is 16.7. The van der Waals surface area contributed by atoms with E-state index in [2.05, 4.69) is 27.7 Å². The summed E-state index contributed by atoms with van der Waals surface area (Å²) in [6.07, 6.45) is 2.61. The first-order chi connectivity index (χ1) is 9.82. The summed E-state index contributed by atoms with van der Waals surface area (Å²) >= 11 is 0. The van der Waals surface area contributed by atoms with Gasteiger partial charge in [0.05, 0.1) is 17.3 Å². The molecule has 0 radical (unpaired) electrons. The lowest BCUT2D eigenvalue weighted by atomic mass is 9.78. The fourth-order valence-corrected chi connectivity index (χ4v) is 2.34. The Balaban J connectivity index is 1.86. The predicted molar refractivity (Wildman–Crippen MR) is 83.7 cm³/mol. The molecule has 21 heavy (non-hydrogen) atoms. The van der Waals surface area contributed by atoms with Gasteiger partial charge in [-0.15, -0.1) is 0 Å². The van der Waals surface area contributed by atoms with Gasteiger partial charge in [-0.3, -0.25) is 0 Å². The third-order valence-corrected chi connectivity index (χ3v) is 4.65. The zero-order chi connectivity index (χ0) is 15.3. The Kier molecular flexibility index (Phi) is 3.55. The molecular weight excluding hydrogens is 265 g/mol. The third-order valence-electron chi connectivity index (χ3n) is 4.65. The minimum Gasteiger partial charge on any atom is -0.490 e. The van der Waals surface area contributed by atoms with E-state index in [1.54, 1.807) is 0 Å². The van der Waals surface area contributed by atoms with Gasteiger partial charge in [-0.1, -0.05) is 12.1 Å². The van der Waals surface area contributed by atoms with E-state index in [0.29, 0.717) is 12.6 Å². The topological polar surface area (TPSA) is 53.7 Å². The predicted octanol–water partition coefficient (Wildman–Crippen LogP) is 1.99. The van der Waals surface area contributed by atoms with E-state index >= 15 is 0 Å². The van der Waals surface area contributed by atoms with Gasteiger partial charge in [0, 0.05) is 12.1 Å². The van der Waals surface area contributed by atoms with Gasteiger partial charge in [0.15, 0.2) is 0 Å². The first-order valence-corrected chi connectivity index (χ1v) is 7.67. The fraction of sp³-hybridized carbons (Fsp3) is 0.625. The van der Waals surface area contributed by atoms with Crippen molar-refractivity contribution in [2.75, 3.05) is 0 Å². The van der Waals surface area contributed by atoms with Crippen molar-refractivity contribution in [1.82, 2.24) is 0 Å². The van der Waals surface area contributed by atoms with Crippen molar-refractivity contribution in [3.8, 4) is 5.75 Å². The van der Waals surface area contributed by atoms with Crippen LogP contribution in [0.25, 0.3) is 0 Å². The summed E-state index contributed by atoms with van der Waals surface area (Å²) in [6.45, 7) is 8.71. The summed E-state index contributed by atoms with van der Waals surface area (Å²) in [6, 6.07) is 6.05. The molecule has 1 aliphatic heterocycles. The third kappa shape index (κ3) is 2.82. The van der Waals surface area contributed by atoms with Crippen LogP contribution in [0.1, 0.15) is 46.1 Å². The van der Waals surface area contributed by atoms with Crippen molar-refractivity contribution in [2.24, 2.45) is 5.73 Å². The van der Waals surface area contributed by atoms with Gasteiger partial charge < -0.3 is 19.8 Å². The molecule has 1 aromatic carbocycles. The lowest BCUT2D eigenvalue weighted by Crippen LogP contribution is -2.41. The maximum atomic E-state index is 6.09. The summed E-state index contributed by atoms with van der Waals surface area (Å²) in [5.74, 6) is 0.868. The van der Waals surface area contributed by atoms with Gasteiger partial charge in [0.25, 0.3) is 0 Å². The van der Waals surface area contributed by atoms with Gasteiger partial charge in [0.2, 0.25) is 0 Å². The highest BCUT2D eigenvalue weighted by Crippen LogP contribution is 2.37. The van der Waals surface area contributed by atoms with E-state index in [4.69, 9.17) is 19.8 Å². The van der Waals surface area contributed by atoms with Crippen molar-refractivity contribution in [3.63, 3.8) is 0 Å². The number of hydrogen-bond donors (Lipinski definition) is 1. The summed E-state index contributed by atoms with van der Waals surface area (Å²) in [5.41, 5.74) is 7.15. The molecule has 4 nitrogen and oxygen atoms in total. The quantitative estimate of drug-likeness (QED) is 0.861. The van der Waals surface area contributed by atoms with Crippen LogP contribution in [0.15, 0.2) is 18.2 Å². The standard InChI is InChI=1S/C16H24BNO3/c1-15(2)16(3,4)21-17(20-15)12-6-5-11(10-18)14(9-12)19-13-7-8-13/h5-6,9,13H,7-8,10,18H2,1-4H3. The number of nitrogens with two attached hydrogens (primary N) is 1. The minimum absolute atomic E-state index is 0.332. The fourth-order valence-electron chi connectivity index (χ4n) is 2.34. The Morgan fingerprint density at radius 2 is 1.81 bits per heavy atom. The molecule has 1 saturated carbocycles. The molecule has 0 bridgehead atoms. The van der Waals surface area contributed by atoms with E-state index in [9.17, 15) is 0 Å². The van der Waals surface area contributed by atoms with Gasteiger partial charge in [-0.05, 0) is 52.1 Å². The van der Waals surface area contributed by atoms with Crippen molar-refractivity contribution in [2.45, 2.75) is 64.4 Å². The molecule has 0 atom stereocenters. The minimum atomic E-state index is -0.358. The van der Waals surface area contributed by atoms with Crippen molar-refractivity contribution in [1.29, 1.82) is 0 Å². The molecule has 1 saturated heterocycles. The largest absolute Gasteiger partial charge is 0.494 e. The highest BCUT2D eigenvalue weighted by molar-refractivity contribution is 6.62. The van der Waals surface area contributed by atoms with E-state index in [1.807, 2.05) is 18.2 Å². The molecule has 0 spiro atoms. The second-order valence-corrected chi connectivity index (χ2v) is 6.98. The van der Waals surface area contributed by atoms with E-state index in [1.165, 1.54) is 0 Å². The first kappa shape index (κ1) is 14.9. The number of hydrogen-bond acceptors (Lipinski definition) is 4. The Labute approximate surface area is 127 Å². The molecule has 2 N–H and O–H groups in total. The van der Waals surface area contributed by atoms with Crippen LogP contribution in [0.4, 0.5) is 0 Å². The van der Waals surface area contributed by atoms with Crippen molar-refractivity contribution < 1.29 is 14.0 Å². The molecule has 1 aromatic rings. The van der Waals surface area contributed by atoms with Crippen LogP contribution >= 0.6 is 0 Å². The van der Waals surface area contributed by atoms with Crippen LogP contribution < -0.4 is 15.9 Å². The zero-order valence-corrected chi connectivity index (χ0v) is 13.3. The average molecular weight is 289 g/mol. The second-order valence-electron chi connectivity index (χ2n) is 6.98. The Bertz CT molecular complexity index is 524. The molecule has 2 fully saturated rings. The summed E-state index contributed by atoms with van der Waals surface area (Å²) in [4.78, 5) is 0. The second kappa shape index (κ2) is 5.01. The van der Waals surface area contributed by atoms with Gasteiger partial charge in [0.1, 0.15) is 5.75 Å². The summed E-state index contributed by atoms with van der Waals surface area (Å²) in [7, 11) is -0.358. The Morgan fingerprint density at radius 3 is 2.33 bits per heavy atom. The molecule has 0 unspecified atom stereocenters. The molecule has 2 aliphatic rings. The normalized spacial score (nSPS) is 23.4.